The van der Waals surface area contributed by atoms with Crippen LogP contribution >= 0.6 is 0 Å². The number of amides is 2. The van der Waals surface area contributed by atoms with Gasteiger partial charge >= 0.3 is 0 Å². The van der Waals surface area contributed by atoms with Crippen LogP contribution in [0.4, 0.5) is 0 Å². The van der Waals surface area contributed by atoms with Crippen LogP contribution in [0.15, 0.2) is 66.9 Å². The van der Waals surface area contributed by atoms with E-state index < -0.39 is 11.8 Å². The van der Waals surface area contributed by atoms with E-state index in [4.69, 9.17) is 15.1 Å². The third-order valence-corrected chi connectivity index (χ3v) is 4.15. The molecule has 2 atom stereocenters. The van der Waals surface area contributed by atoms with Crippen molar-refractivity contribution in [3.63, 3.8) is 0 Å². The van der Waals surface area contributed by atoms with Crippen LogP contribution in [0, 0.1) is 5.92 Å². The number of hydrogen-bond donors (Lipinski definition) is 4. The second-order valence-electron chi connectivity index (χ2n) is 6.34. The van der Waals surface area contributed by atoms with Crippen molar-refractivity contribution in [2.45, 2.75) is 25.8 Å². The number of hydroxylamine groups is 1. The van der Waals surface area contributed by atoms with E-state index in [0.717, 1.165) is 6.26 Å². The molecule has 0 aliphatic carbocycles. The van der Waals surface area contributed by atoms with Crippen LogP contribution in [0.25, 0.3) is 0 Å². The summed E-state index contributed by atoms with van der Waals surface area (Å²) in [5.74, 6) is -0.0413. The number of aliphatic hydroxyl groups is 1. The Morgan fingerprint density at radius 3 is 2.32 bits per heavy atom. The second kappa shape index (κ2) is 10.7. The Bertz CT molecular complexity index is 790. The Hall–Kier alpha value is -3.32. The number of carbonyl (C=O) groups is 2. The Labute approximate surface area is 163 Å². The molecule has 148 valence electrons. The zero-order chi connectivity index (χ0) is 20.4. The molecule has 7 heteroatoms. The number of benzene rings is 2. The van der Waals surface area contributed by atoms with Crippen LogP contribution in [-0.2, 0) is 4.79 Å². The van der Waals surface area contributed by atoms with E-state index in [1.165, 1.54) is 6.08 Å². The van der Waals surface area contributed by atoms with Crippen LogP contribution < -0.4 is 15.5 Å². The van der Waals surface area contributed by atoms with Crippen molar-refractivity contribution in [1.82, 2.24) is 10.8 Å². The van der Waals surface area contributed by atoms with Gasteiger partial charge in [0, 0.05) is 17.5 Å². The predicted molar refractivity (Wildman–Crippen MR) is 104 cm³/mol. The summed E-state index contributed by atoms with van der Waals surface area (Å²) in [5.41, 5.74) is 2.05. The maximum absolute atomic E-state index is 12.5. The third-order valence-electron chi connectivity index (χ3n) is 4.15. The summed E-state index contributed by atoms with van der Waals surface area (Å²) in [4.78, 5) is 24.0. The molecular formula is C21H24N2O5. The normalized spacial score (nSPS) is 12.9. The molecule has 0 radical (unpaired) electrons. The van der Waals surface area contributed by atoms with Gasteiger partial charge in [0.1, 0.15) is 11.5 Å². The van der Waals surface area contributed by atoms with Gasteiger partial charge in [-0.25, -0.2) is 5.48 Å². The SMILES string of the molecule is CC(CC(C/C=C/O)NC(=O)c1ccc(Oc2ccccc2)cc1)C(=O)NO. The maximum Gasteiger partial charge on any atom is 0.251 e. The summed E-state index contributed by atoms with van der Waals surface area (Å²) in [6.07, 6.45) is 3.04. The fraction of sp³-hybridized carbons (Fsp3) is 0.238. The summed E-state index contributed by atoms with van der Waals surface area (Å²) in [6.45, 7) is 1.64. The standard InChI is InChI=1S/C21H24N2O5/c1-15(20(25)23-27)14-17(6-5-13-24)22-21(26)16-9-11-19(12-10-16)28-18-7-3-2-4-8-18/h2-5,7-13,15,17,24,27H,6,14H2,1H3,(H,22,26)(H,23,25)/b13-5+. The zero-order valence-corrected chi connectivity index (χ0v) is 15.5. The summed E-state index contributed by atoms with van der Waals surface area (Å²) >= 11 is 0. The van der Waals surface area contributed by atoms with Gasteiger partial charge in [0.25, 0.3) is 5.91 Å². The minimum Gasteiger partial charge on any atom is -0.516 e. The van der Waals surface area contributed by atoms with Crippen molar-refractivity contribution >= 4 is 11.8 Å². The van der Waals surface area contributed by atoms with Crippen molar-refractivity contribution < 1.29 is 24.6 Å². The molecule has 28 heavy (non-hydrogen) atoms. The Kier molecular flexibility index (Phi) is 8.05. The minimum absolute atomic E-state index is 0.303. The highest BCUT2D eigenvalue weighted by atomic mass is 16.5. The molecule has 0 bridgehead atoms. The van der Waals surface area contributed by atoms with Gasteiger partial charge in [-0.05, 0) is 55.3 Å². The first-order valence-electron chi connectivity index (χ1n) is 8.90. The van der Waals surface area contributed by atoms with E-state index in [2.05, 4.69) is 5.32 Å². The largest absolute Gasteiger partial charge is 0.516 e. The highest BCUT2D eigenvalue weighted by Gasteiger charge is 2.20. The van der Waals surface area contributed by atoms with Crippen molar-refractivity contribution in [3.8, 4) is 11.5 Å². The molecule has 0 heterocycles. The van der Waals surface area contributed by atoms with Gasteiger partial charge in [-0.1, -0.05) is 25.1 Å². The van der Waals surface area contributed by atoms with Gasteiger partial charge < -0.3 is 15.2 Å². The molecule has 2 amide bonds. The molecule has 2 aromatic rings. The van der Waals surface area contributed by atoms with Gasteiger partial charge in [-0.15, -0.1) is 0 Å². The molecule has 0 saturated carbocycles. The highest BCUT2D eigenvalue weighted by Crippen LogP contribution is 2.21. The Balaban J connectivity index is 2.00. The van der Waals surface area contributed by atoms with Crippen molar-refractivity contribution in [2.24, 2.45) is 5.92 Å². The predicted octanol–water partition coefficient (Wildman–Crippen LogP) is 3.57. The molecule has 0 saturated heterocycles. The van der Waals surface area contributed by atoms with Gasteiger partial charge in [0.15, 0.2) is 0 Å². The first-order chi connectivity index (χ1) is 13.5. The van der Waals surface area contributed by atoms with E-state index in [1.54, 1.807) is 36.7 Å². The molecule has 2 unspecified atom stereocenters. The number of ether oxygens (including phenoxy) is 1. The summed E-state index contributed by atoms with van der Waals surface area (Å²) in [6, 6.07) is 15.6. The second-order valence-corrected chi connectivity index (χ2v) is 6.34. The number of carbonyl (C=O) groups excluding carboxylic acids is 2. The number of nitrogens with one attached hydrogen (secondary N) is 2. The lowest BCUT2D eigenvalue weighted by atomic mass is 9.98. The maximum atomic E-state index is 12.5. The first-order valence-corrected chi connectivity index (χ1v) is 8.90. The highest BCUT2D eigenvalue weighted by molar-refractivity contribution is 5.94. The number of para-hydroxylation sites is 1. The number of aliphatic hydroxyl groups excluding tert-OH is 1. The topological polar surface area (TPSA) is 108 Å². The quantitative estimate of drug-likeness (QED) is 0.300. The van der Waals surface area contributed by atoms with Crippen molar-refractivity contribution in [3.05, 3.63) is 72.5 Å². The molecular weight excluding hydrogens is 360 g/mol. The van der Waals surface area contributed by atoms with Gasteiger partial charge in [-0.2, -0.15) is 0 Å². The molecule has 4 N–H and O–H groups in total. The van der Waals surface area contributed by atoms with E-state index in [0.29, 0.717) is 29.9 Å². The van der Waals surface area contributed by atoms with E-state index in [1.807, 2.05) is 30.3 Å². The molecule has 0 aliphatic rings. The lowest BCUT2D eigenvalue weighted by Crippen LogP contribution is -2.38. The Morgan fingerprint density at radius 1 is 1.07 bits per heavy atom. The average Bonchev–Trinajstić information content (AvgIpc) is 2.72. The first kappa shape index (κ1) is 21.0. The molecule has 0 aliphatic heterocycles. The number of hydrogen-bond acceptors (Lipinski definition) is 5. The summed E-state index contributed by atoms with van der Waals surface area (Å²) in [7, 11) is 0. The van der Waals surface area contributed by atoms with Gasteiger partial charge in [-0.3, -0.25) is 14.8 Å². The smallest absolute Gasteiger partial charge is 0.251 e. The van der Waals surface area contributed by atoms with Gasteiger partial charge in [0.2, 0.25) is 5.91 Å². The lowest BCUT2D eigenvalue weighted by Gasteiger charge is -2.20. The fourth-order valence-corrected chi connectivity index (χ4v) is 2.65. The van der Waals surface area contributed by atoms with Crippen LogP contribution in [0.1, 0.15) is 30.1 Å². The molecule has 2 aromatic carbocycles. The Morgan fingerprint density at radius 2 is 1.71 bits per heavy atom. The van der Waals surface area contributed by atoms with Crippen molar-refractivity contribution in [2.75, 3.05) is 0 Å². The minimum atomic E-state index is -0.533. The molecule has 0 fully saturated rings. The van der Waals surface area contributed by atoms with Crippen LogP contribution in [0.3, 0.4) is 0 Å². The van der Waals surface area contributed by atoms with E-state index in [9.17, 15) is 9.59 Å². The van der Waals surface area contributed by atoms with Crippen molar-refractivity contribution in [1.29, 1.82) is 0 Å². The summed E-state index contributed by atoms with van der Waals surface area (Å²) in [5, 5.41) is 20.5. The monoisotopic (exact) mass is 384 g/mol. The summed E-state index contributed by atoms with van der Waals surface area (Å²) < 4.78 is 5.70. The molecule has 7 nitrogen and oxygen atoms in total. The molecule has 2 rings (SSSR count). The fourth-order valence-electron chi connectivity index (χ4n) is 2.65. The molecule has 0 spiro atoms. The van der Waals surface area contributed by atoms with Crippen LogP contribution in [0.2, 0.25) is 0 Å². The van der Waals surface area contributed by atoms with E-state index >= 15 is 0 Å². The van der Waals surface area contributed by atoms with Gasteiger partial charge in [0.05, 0.1) is 6.26 Å². The molecule has 0 aromatic heterocycles. The lowest BCUT2D eigenvalue weighted by molar-refractivity contribution is -0.133. The van der Waals surface area contributed by atoms with Crippen LogP contribution in [0.5, 0.6) is 11.5 Å². The third kappa shape index (κ3) is 6.44. The zero-order valence-electron chi connectivity index (χ0n) is 15.5. The number of rotatable bonds is 9. The average molecular weight is 384 g/mol. The van der Waals surface area contributed by atoms with E-state index in [-0.39, 0.29) is 11.9 Å². The van der Waals surface area contributed by atoms with Crippen LogP contribution in [-0.4, -0.2) is 28.2 Å².